The van der Waals surface area contributed by atoms with E-state index in [0.717, 1.165) is 11.6 Å². The van der Waals surface area contributed by atoms with Gasteiger partial charge in [0.1, 0.15) is 0 Å². The predicted molar refractivity (Wildman–Crippen MR) is 116 cm³/mol. The molecule has 1 aliphatic heterocycles. The van der Waals surface area contributed by atoms with Crippen LogP contribution < -0.4 is 0 Å². The van der Waals surface area contributed by atoms with Crippen molar-refractivity contribution < 1.29 is 18.1 Å². The van der Waals surface area contributed by atoms with E-state index in [1.807, 2.05) is 12.1 Å². The Morgan fingerprint density at radius 1 is 1.10 bits per heavy atom. The number of nitrogens with zero attached hydrogens (tertiary/aromatic N) is 3. The average molecular weight is 470 g/mol. The van der Waals surface area contributed by atoms with Crippen molar-refractivity contribution in [3.8, 4) is 0 Å². The summed E-state index contributed by atoms with van der Waals surface area (Å²) >= 11 is 7.35. The normalized spacial score (nSPS) is 15.2. The molecule has 1 heterocycles. The van der Waals surface area contributed by atoms with Crippen molar-refractivity contribution in [2.45, 2.75) is 10.6 Å². The Morgan fingerprint density at radius 3 is 2.40 bits per heavy atom. The number of benzene rings is 2. The Hall–Kier alpha value is -2.14. The van der Waals surface area contributed by atoms with Crippen LogP contribution in [0.25, 0.3) is 0 Å². The zero-order chi connectivity index (χ0) is 21.7. The van der Waals surface area contributed by atoms with E-state index in [0.29, 0.717) is 16.5 Å². The first-order chi connectivity index (χ1) is 14.3. The lowest BCUT2D eigenvalue weighted by Gasteiger charge is -2.34. The number of carbonyl (C=O) groups excluding carboxylic acids is 1. The zero-order valence-corrected chi connectivity index (χ0v) is 18.3. The summed E-state index contributed by atoms with van der Waals surface area (Å²) in [5, 5.41) is 11.6. The van der Waals surface area contributed by atoms with Crippen LogP contribution in [-0.4, -0.2) is 60.4 Å². The second-order valence-corrected chi connectivity index (χ2v) is 10.0. The third kappa shape index (κ3) is 5.51. The molecule has 160 valence electrons. The van der Waals surface area contributed by atoms with Crippen molar-refractivity contribution in [1.82, 2.24) is 9.21 Å². The molecule has 0 saturated carbocycles. The predicted octanol–water partition coefficient (Wildman–Crippen LogP) is 3.01. The Balaban J connectivity index is 1.52. The quantitative estimate of drug-likeness (QED) is 0.456. The van der Waals surface area contributed by atoms with E-state index in [1.54, 1.807) is 17.0 Å². The second-order valence-electron chi connectivity index (χ2n) is 6.66. The number of carbonyl (C=O) groups is 1. The molecule has 1 saturated heterocycles. The number of nitro benzene ring substituents is 1. The fourth-order valence-electron chi connectivity index (χ4n) is 3.01. The Kier molecular flexibility index (Phi) is 7.35. The summed E-state index contributed by atoms with van der Waals surface area (Å²) in [6, 6.07) is 12.4. The standard InChI is InChI=1S/C19H20ClN3O5S2/c20-16-6-4-15(5-7-16)13-29-14-19(24)21-8-10-22(11-9-21)30(27,28)18-3-1-2-17(12-18)23(25)26/h1-7,12H,8-11,13-14H2. The van der Waals surface area contributed by atoms with Gasteiger partial charge in [0.05, 0.1) is 15.6 Å². The van der Waals surface area contributed by atoms with Crippen molar-refractivity contribution in [2.24, 2.45) is 0 Å². The maximum Gasteiger partial charge on any atom is 0.270 e. The van der Waals surface area contributed by atoms with Gasteiger partial charge in [-0.05, 0) is 23.8 Å². The van der Waals surface area contributed by atoms with Crippen LogP contribution in [0.2, 0.25) is 5.02 Å². The average Bonchev–Trinajstić information content (AvgIpc) is 2.75. The maximum absolute atomic E-state index is 12.8. The van der Waals surface area contributed by atoms with Crippen molar-refractivity contribution in [3.05, 3.63) is 69.2 Å². The Morgan fingerprint density at radius 2 is 1.77 bits per heavy atom. The van der Waals surface area contributed by atoms with E-state index in [9.17, 15) is 23.3 Å². The van der Waals surface area contributed by atoms with Gasteiger partial charge in [0.25, 0.3) is 5.69 Å². The van der Waals surface area contributed by atoms with Crippen LogP contribution >= 0.6 is 23.4 Å². The molecule has 2 aromatic rings. The number of nitro groups is 1. The van der Waals surface area contributed by atoms with Crippen LogP contribution in [0.3, 0.4) is 0 Å². The zero-order valence-electron chi connectivity index (χ0n) is 15.9. The van der Waals surface area contributed by atoms with E-state index < -0.39 is 14.9 Å². The lowest BCUT2D eigenvalue weighted by Crippen LogP contribution is -2.50. The topological polar surface area (TPSA) is 101 Å². The summed E-state index contributed by atoms with van der Waals surface area (Å²) < 4.78 is 26.8. The lowest BCUT2D eigenvalue weighted by molar-refractivity contribution is -0.385. The van der Waals surface area contributed by atoms with Crippen LogP contribution in [0.4, 0.5) is 5.69 Å². The summed E-state index contributed by atoms with van der Waals surface area (Å²) in [4.78, 5) is 24.2. The molecule has 8 nitrogen and oxygen atoms in total. The molecule has 0 unspecified atom stereocenters. The number of amides is 1. The van der Waals surface area contributed by atoms with E-state index in [4.69, 9.17) is 11.6 Å². The highest BCUT2D eigenvalue weighted by atomic mass is 35.5. The number of piperazine rings is 1. The summed E-state index contributed by atoms with van der Waals surface area (Å²) in [6.45, 7) is 0.875. The first-order valence-electron chi connectivity index (χ1n) is 9.12. The number of hydrogen-bond acceptors (Lipinski definition) is 6. The molecular weight excluding hydrogens is 450 g/mol. The van der Waals surface area contributed by atoms with E-state index in [-0.39, 0.29) is 42.7 Å². The number of rotatable bonds is 7. The lowest BCUT2D eigenvalue weighted by atomic mass is 10.2. The van der Waals surface area contributed by atoms with Crippen molar-refractivity contribution in [3.63, 3.8) is 0 Å². The van der Waals surface area contributed by atoms with Gasteiger partial charge in [-0.25, -0.2) is 8.42 Å². The van der Waals surface area contributed by atoms with Crippen molar-refractivity contribution >= 4 is 45.0 Å². The number of non-ortho nitro benzene ring substituents is 1. The molecule has 0 spiro atoms. The number of hydrogen-bond donors (Lipinski definition) is 0. The monoisotopic (exact) mass is 469 g/mol. The van der Waals surface area contributed by atoms with Gasteiger partial charge in [-0.2, -0.15) is 4.31 Å². The van der Waals surface area contributed by atoms with Crippen LogP contribution in [0.15, 0.2) is 53.4 Å². The van der Waals surface area contributed by atoms with Crippen LogP contribution in [0, 0.1) is 10.1 Å². The summed E-state index contributed by atoms with van der Waals surface area (Å²) in [7, 11) is -3.85. The van der Waals surface area contributed by atoms with E-state index in [2.05, 4.69) is 0 Å². The minimum Gasteiger partial charge on any atom is -0.339 e. The third-order valence-electron chi connectivity index (χ3n) is 4.67. The van der Waals surface area contributed by atoms with Crippen molar-refractivity contribution in [1.29, 1.82) is 0 Å². The van der Waals surface area contributed by atoms with Gasteiger partial charge >= 0.3 is 0 Å². The minimum atomic E-state index is -3.85. The molecular formula is C19H20ClN3O5S2. The van der Waals surface area contributed by atoms with Crippen LogP contribution in [0.5, 0.6) is 0 Å². The molecule has 1 aliphatic rings. The molecule has 0 atom stereocenters. The molecule has 11 heteroatoms. The number of sulfonamides is 1. The summed E-state index contributed by atoms with van der Waals surface area (Å²) in [6.07, 6.45) is 0. The van der Waals surface area contributed by atoms with E-state index in [1.165, 1.54) is 34.3 Å². The van der Waals surface area contributed by atoms with Crippen molar-refractivity contribution in [2.75, 3.05) is 31.9 Å². The van der Waals surface area contributed by atoms with Gasteiger partial charge in [-0.1, -0.05) is 29.8 Å². The van der Waals surface area contributed by atoms with Gasteiger partial charge < -0.3 is 4.90 Å². The first-order valence-corrected chi connectivity index (χ1v) is 12.1. The van der Waals surface area contributed by atoms with Crippen LogP contribution in [-0.2, 0) is 20.6 Å². The molecule has 0 aromatic heterocycles. The maximum atomic E-state index is 12.8. The van der Waals surface area contributed by atoms with Gasteiger partial charge in [0.15, 0.2) is 0 Å². The number of thioether (sulfide) groups is 1. The molecule has 1 amide bonds. The smallest absolute Gasteiger partial charge is 0.270 e. The summed E-state index contributed by atoms with van der Waals surface area (Å²) in [5.74, 6) is 0.950. The van der Waals surface area contributed by atoms with Crippen LogP contribution in [0.1, 0.15) is 5.56 Å². The minimum absolute atomic E-state index is 0.0404. The molecule has 1 fully saturated rings. The van der Waals surface area contributed by atoms with E-state index >= 15 is 0 Å². The highest BCUT2D eigenvalue weighted by Crippen LogP contribution is 2.22. The highest BCUT2D eigenvalue weighted by Gasteiger charge is 2.30. The Bertz CT molecular complexity index is 1020. The second kappa shape index (κ2) is 9.78. The molecule has 0 radical (unpaired) electrons. The fraction of sp³-hybridized carbons (Fsp3) is 0.316. The van der Waals surface area contributed by atoms with Gasteiger partial charge in [-0.3, -0.25) is 14.9 Å². The van der Waals surface area contributed by atoms with Gasteiger partial charge in [0.2, 0.25) is 15.9 Å². The highest BCUT2D eigenvalue weighted by molar-refractivity contribution is 7.99. The largest absolute Gasteiger partial charge is 0.339 e. The first kappa shape index (κ1) is 22.5. The third-order valence-corrected chi connectivity index (χ3v) is 7.80. The van der Waals surface area contributed by atoms with Gasteiger partial charge in [-0.15, -0.1) is 11.8 Å². The molecule has 0 N–H and O–H groups in total. The number of halogens is 1. The molecule has 0 bridgehead atoms. The Labute approximate surface area is 184 Å². The fourth-order valence-corrected chi connectivity index (χ4v) is 5.49. The van der Waals surface area contributed by atoms with Gasteiger partial charge in [0, 0.05) is 49.1 Å². The molecule has 2 aromatic carbocycles. The summed E-state index contributed by atoms with van der Waals surface area (Å²) in [5.41, 5.74) is 0.799. The SMILES string of the molecule is O=C(CSCc1ccc(Cl)cc1)N1CCN(S(=O)(=O)c2cccc([N+](=O)[O-])c2)CC1. The molecule has 30 heavy (non-hydrogen) atoms. The molecule has 3 rings (SSSR count). The molecule has 0 aliphatic carbocycles.